The minimum absolute atomic E-state index is 0.800. The molecule has 0 aromatic heterocycles. The second kappa shape index (κ2) is 2.08. The lowest BCUT2D eigenvalue weighted by atomic mass is 10.7. The van der Waals surface area contributed by atoms with E-state index < -0.39 is 6.18 Å². The molecule has 7 heavy (non-hydrogen) atoms. The SMILES string of the molecule is FC(F)(F)C#CCl. The van der Waals surface area contributed by atoms with E-state index in [1.54, 1.807) is 0 Å². The number of halogens is 4. The van der Waals surface area contributed by atoms with E-state index in [1.165, 1.54) is 5.38 Å². The first-order chi connectivity index (χ1) is 3.06. The van der Waals surface area contributed by atoms with Crippen LogP contribution >= 0.6 is 11.6 Å². The Morgan fingerprint density at radius 3 is 1.71 bits per heavy atom. The monoisotopic (exact) mass is 128 g/mol. The predicted molar refractivity (Wildman–Crippen MR) is 19.7 cm³/mol. The van der Waals surface area contributed by atoms with Crippen LogP contribution < -0.4 is 0 Å². The highest BCUT2D eigenvalue weighted by Gasteiger charge is 2.22. The van der Waals surface area contributed by atoms with Gasteiger partial charge in [0, 0.05) is 11.3 Å². The maximum atomic E-state index is 10.8. The molecule has 0 aromatic carbocycles. The van der Waals surface area contributed by atoms with Crippen molar-refractivity contribution >= 4 is 11.6 Å². The fourth-order valence-corrected chi connectivity index (χ4v) is 0.161. The molecule has 0 aliphatic carbocycles. The zero-order valence-electron chi connectivity index (χ0n) is 3.01. The minimum atomic E-state index is -4.44. The zero-order valence-corrected chi connectivity index (χ0v) is 3.77. The molecule has 0 saturated heterocycles. The van der Waals surface area contributed by atoms with Gasteiger partial charge in [-0.15, -0.1) is 0 Å². The Kier molecular flexibility index (Phi) is 1.97. The van der Waals surface area contributed by atoms with Gasteiger partial charge < -0.3 is 0 Å². The highest BCUT2D eigenvalue weighted by atomic mass is 35.5. The first-order valence-electron chi connectivity index (χ1n) is 1.26. The first kappa shape index (κ1) is 6.64. The van der Waals surface area contributed by atoms with Crippen molar-refractivity contribution in [1.82, 2.24) is 0 Å². The second-order valence-electron chi connectivity index (χ2n) is 0.717. The third-order valence-corrected chi connectivity index (χ3v) is 0.283. The summed E-state index contributed by atoms with van der Waals surface area (Å²) in [5, 5.41) is 1.20. The molecule has 0 fully saturated rings. The molecule has 0 aliphatic heterocycles. The van der Waals surface area contributed by atoms with Crippen LogP contribution in [0.2, 0.25) is 0 Å². The van der Waals surface area contributed by atoms with E-state index in [0.717, 1.165) is 5.92 Å². The van der Waals surface area contributed by atoms with Crippen LogP contribution in [0.4, 0.5) is 13.2 Å². The number of alkyl halides is 3. The molecule has 0 heterocycles. The highest BCUT2D eigenvalue weighted by molar-refractivity contribution is 6.30. The van der Waals surface area contributed by atoms with Crippen LogP contribution in [0.5, 0.6) is 0 Å². The van der Waals surface area contributed by atoms with Crippen molar-refractivity contribution in [2.45, 2.75) is 6.18 Å². The third-order valence-electron chi connectivity index (χ3n) is 0.189. The maximum Gasteiger partial charge on any atom is 0.458 e. The van der Waals surface area contributed by atoms with Crippen LogP contribution in [0.1, 0.15) is 0 Å². The summed E-state index contributed by atoms with van der Waals surface area (Å²) in [6.45, 7) is 0. The van der Waals surface area contributed by atoms with Gasteiger partial charge in [0.25, 0.3) is 0 Å². The average molecular weight is 128 g/mol. The van der Waals surface area contributed by atoms with E-state index in [1.807, 2.05) is 0 Å². The summed E-state index contributed by atoms with van der Waals surface area (Å²) in [6.07, 6.45) is -4.44. The molecule has 0 atom stereocenters. The molecular weight excluding hydrogens is 128 g/mol. The van der Waals surface area contributed by atoms with Crippen LogP contribution in [0.25, 0.3) is 0 Å². The van der Waals surface area contributed by atoms with Crippen molar-refractivity contribution in [1.29, 1.82) is 0 Å². The van der Waals surface area contributed by atoms with Gasteiger partial charge in [-0.25, -0.2) is 0 Å². The quantitative estimate of drug-likeness (QED) is 0.436. The molecule has 0 spiro atoms. The molecule has 40 valence electrons. The summed E-state index contributed by atoms with van der Waals surface area (Å²) >= 11 is 4.41. The predicted octanol–water partition coefficient (Wildman–Crippen LogP) is 1.75. The normalized spacial score (nSPS) is 9.71. The summed E-state index contributed by atoms with van der Waals surface area (Å²) in [4.78, 5) is 0. The lowest BCUT2D eigenvalue weighted by Crippen LogP contribution is -2.00. The lowest BCUT2D eigenvalue weighted by molar-refractivity contribution is -0.0696. The fourth-order valence-electron chi connectivity index (χ4n) is 0.0536. The average Bonchev–Trinajstić information content (AvgIpc) is 1.30. The Balaban J connectivity index is 3.72. The summed E-state index contributed by atoms with van der Waals surface area (Å²) in [6, 6.07) is 0. The molecule has 0 N–H and O–H groups in total. The van der Waals surface area contributed by atoms with Crippen molar-refractivity contribution in [3.8, 4) is 11.3 Å². The summed E-state index contributed by atoms with van der Waals surface area (Å²) in [5.74, 6) is 0.800. The van der Waals surface area contributed by atoms with Crippen molar-refractivity contribution < 1.29 is 13.2 Å². The third kappa shape index (κ3) is 5.64. The van der Waals surface area contributed by atoms with Crippen molar-refractivity contribution in [2.24, 2.45) is 0 Å². The number of rotatable bonds is 0. The topological polar surface area (TPSA) is 0 Å². The molecule has 0 rings (SSSR count). The Bertz CT molecular complexity index is 104. The fraction of sp³-hybridized carbons (Fsp3) is 0.333. The molecule has 0 aliphatic rings. The molecule has 0 radical (unpaired) electrons. The van der Waals surface area contributed by atoms with Gasteiger partial charge in [0.2, 0.25) is 0 Å². The van der Waals surface area contributed by atoms with Crippen molar-refractivity contribution in [2.75, 3.05) is 0 Å². The van der Waals surface area contributed by atoms with Crippen LogP contribution in [-0.2, 0) is 0 Å². The Morgan fingerprint density at radius 2 is 1.71 bits per heavy atom. The molecule has 0 saturated carbocycles. The molecule has 0 bridgehead atoms. The standard InChI is InChI=1S/C3ClF3/c4-2-1-3(5,6)7. The van der Waals surface area contributed by atoms with Gasteiger partial charge in [-0.2, -0.15) is 13.2 Å². The maximum absolute atomic E-state index is 10.8. The summed E-state index contributed by atoms with van der Waals surface area (Å²) in [7, 11) is 0. The Hall–Kier alpha value is -0.360. The molecule has 4 heteroatoms. The molecule has 0 unspecified atom stereocenters. The van der Waals surface area contributed by atoms with Gasteiger partial charge in [0.15, 0.2) is 0 Å². The lowest BCUT2D eigenvalue weighted by Gasteiger charge is -1.88. The number of hydrogen-bond donors (Lipinski definition) is 0. The smallest absolute Gasteiger partial charge is 0.159 e. The minimum Gasteiger partial charge on any atom is -0.159 e. The Morgan fingerprint density at radius 1 is 1.29 bits per heavy atom. The first-order valence-corrected chi connectivity index (χ1v) is 1.63. The zero-order chi connectivity index (χ0) is 5.91. The Labute approximate surface area is 43.3 Å². The van der Waals surface area contributed by atoms with Crippen LogP contribution in [-0.4, -0.2) is 6.18 Å². The van der Waals surface area contributed by atoms with Gasteiger partial charge in [-0.3, -0.25) is 0 Å². The van der Waals surface area contributed by atoms with Gasteiger partial charge in [0.05, 0.1) is 0 Å². The van der Waals surface area contributed by atoms with Crippen LogP contribution in [0.3, 0.4) is 0 Å². The highest BCUT2D eigenvalue weighted by Crippen LogP contribution is 2.11. The van der Waals surface area contributed by atoms with Crippen LogP contribution in [0, 0.1) is 11.3 Å². The molecule has 0 nitrogen and oxygen atoms in total. The van der Waals surface area contributed by atoms with Gasteiger partial charge in [-0.05, 0) is 11.6 Å². The summed E-state index contributed by atoms with van der Waals surface area (Å²) in [5.41, 5.74) is 0. The van der Waals surface area contributed by atoms with E-state index in [-0.39, 0.29) is 0 Å². The van der Waals surface area contributed by atoms with E-state index >= 15 is 0 Å². The van der Waals surface area contributed by atoms with Crippen molar-refractivity contribution in [3.63, 3.8) is 0 Å². The van der Waals surface area contributed by atoms with Gasteiger partial charge in [0.1, 0.15) is 0 Å². The molecule has 0 aromatic rings. The van der Waals surface area contributed by atoms with Crippen LogP contribution in [0.15, 0.2) is 0 Å². The largest absolute Gasteiger partial charge is 0.458 e. The summed E-state index contributed by atoms with van der Waals surface area (Å²) < 4.78 is 32.4. The van der Waals surface area contributed by atoms with Gasteiger partial charge >= 0.3 is 6.18 Å². The van der Waals surface area contributed by atoms with E-state index in [4.69, 9.17) is 0 Å². The van der Waals surface area contributed by atoms with Crippen molar-refractivity contribution in [3.05, 3.63) is 0 Å². The second-order valence-corrected chi connectivity index (χ2v) is 0.906. The number of hydrogen-bond acceptors (Lipinski definition) is 0. The molecule has 0 amide bonds. The molecular formula is C3ClF3. The van der Waals surface area contributed by atoms with E-state index in [0.29, 0.717) is 0 Å². The van der Waals surface area contributed by atoms with Gasteiger partial charge in [-0.1, -0.05) is 0 Å². The van der Waals surface area contributed by atoms with E-state index in [9.17, 15) is 13.2 Å². The van der Waals surface area contributed by atoms with E-state index in [2.05, 4.69) is 11.6 Å².